The molecule has 0 aromatic heterocycles. The molecular formula is C21H26N3O2+. The molecule has 0 aliphatic carbocycles. The summed E-state index contributed by atoms with van der Waals surface area (Å²) in [5.41, 5.74) is 1.75. The Bertz CT molecular complexity index is 738. The van der Waals surface area contributed by atoms with E-state index in [1.54, 1.807) is 19.0 Å². The van der Waals surface area contributed by atoms with Crippen LogP contribution in [-0.2, 0) is 4.79 Å². The molecule has 0 radical (unpaired) electrons. The normalized spacial score (nSPS) is 16.2. The Kier molecular flexibility index (Phi) is 5.68. The first-order chi connectivity index (χ1) is 12.6. The van der Waals surface area contributed by atoms with Gasteiger partial charge in [-0.2, -0.15) is 0 Å². The quantitative estimate of drug-likeness (QED) is 0.887. The van der Waals surface area contributed by atoms with Crippen molar-refractivity contribution in [1.82, 2.24) is 9.80 Å². The molecule has 1 aliphatic rings. The number of nitrogens with zero attached hydrogens (tertiary/aromatic N) is 2. The van der Waals surface area contributed by atoms with Crippen molar-refractivity contribution >= 4 is 11.8 Å². The number of hydrogen-bond donors (Lipinski definition) is 1. The highest BCUT2D eigenvalue weighted by molar-refractivity contribution is 5.94. The minimum absolute atomic E-state index is 0.0693. The van der Waals surface area contributed by atoms with Gasteiger partial charge in [-0.1, -0.05) is 48.5 Å². The molecule has 26 heavy (non-hydrogen) atoms. The lowest BCUT2D eigenvalue weighted by atomic mass is 10.0. The molecule has 1 saturated heterocycles. The van der Waals surface area contributed by atoms with Crippen molar-refractivity contribution in [2.24, 2.45) is 0 Å². The fourth-order valence-electron chi connectivity index (χ4n) is 3.51. The first kappa shape index (κ1) is 18.1. The topological polar surface area (TPSA) is 45.1 Å². The number of amides is 2. The Morgan fingerprint density at radius 1 is 0.923 bits per heavy atom. The predicted molar refractivity (Wildman–Crippen MR) is 101 cm³/mol. The molecule has 2 aromatic rings. The van der Waals surface area contributed by atoms with Crippen LogP contribution in [0.4, 0.5) is 0 Å². The van der Waals surface area contributed by atoms with Gasteiger partial charge in [0.15, 0.2) is 6.04 Å². The summed E-state index contributed by atoms with van der Waals surface area (Å²) in [4.78, 5) is 30.2. The van der Waals surface area contributed by atoms with Crippen LogP contribution in [0.15, 0.2) is 60.7 Å². The third-order valence-corrected chi connectivity index (χ3v) is 4.94. The number of nitrogens with one attached hydrogen (secondary N) is 1. The summed E-state index contributed by atoms with van der Waals surface area (Å²) in [5.74, 6) is 0.175. The van der Waals surface area contributed by atoms with Gasteiger partial charge in [-0.15, -0.1) is 0 Å². The maximum absolute atomic E-state index is 12.8. The molecule has 2 aromatic carbocycles. The molecule has 1 atom stereocenters. The molecule has 0 unspecified atom stereocenters. The van der Waals surface area contributed by atoms with Crippen molar-refractivity contribution in [1.29, 1.82) is 0 Å². The molecule has 5 heteroatoms. The highest BCUT2D eigenvalue weighted by atomic mass is 16.2. The summed E-state index contributed by atoms with van der Waals surface area (Å²) in [6.45, 7) is 2.84. The number of benzene rings is 2. The number of piperazine rings is 1. The van der Waals surface area contributed by atoms with E-state index in [1.165, 1.54) is 4.90 Å². The SMILES string of the molecule is CN(C)C(=O)[C@@H](c1ccccc1)[NH+]1CCN(C(=O)c2ccccc2)CC1. The predicted octanol–water partition coefficient (Wildman–Crippen LogP) is 0.857. The monoisotopic (exact) mass is 352 g/mol. The number of quaternary nitrogens is 1. The highest BCUT2D eigenvalue weighted by Crippen LogP contribution is 2.13. The smallest absolute Gasteiger partial charge is 0.285 e. The second-order valence-electron chi connectivity index (χ2n) is 6.89. The highest BCUT2D eigenvalue weighted by Gasteiger charge is 2.36. The maximum Gasteiger partial charge on any atom is 0.285 e. The lowest BCUT2D eigenvalue weighted by molar-refractivity contribution is -0.926. The van der Waals surface area contributed by atoms with Crippen molar-refractivity contribution < 1.29 is 14.5 Å². The van der Waals surface area contributed by atoms with Gasteiger partial charge in [-0.25, -0.2) is 0 Å². The second kappa shape index (κ2) is 8.15. The zero-order valence-corrected chi connectivity index (χ0v) is 15.4. The molecular weight excluding hydrogens is 326 g/mol. The van der Waals surface area contributed by atoms with E-state index in [4.69, 9.17) is 0 Å². The van der Waals surface area contributed by atoms with Gasteiger partial charge in [-0.05, 0) is 12.1 Å². The number of carbonyl (C=O) groups excluding carboxylic acids is 2. The van der Waals surface area contributed by atoms with Crippen LogP contribution in [0.1, 0.15) is 22.0 Å². The second-order valence-corrected chi connectivity index (χ2v) is 6.89. The van der Waals surface area contributed by atoms with Crippen LogP contribution in [0.5, 0.6) is 0 Å². The molecule has 1 fully saturated rings. The maximum atomic E-state index is 12.8. The summed E-state index contributed by atoms with van der Waals surface area (Å²) >= 11 is 0. The van der Waals surface area contributed by atoms with Gasteiger partial charge in [0, 0.05) is 25.2 Å². The van der Waals surface area contributed by atoms with Crippen molar-refractivity contribution in [3.63, 3.8) is 0 Å². The molecule has 136 valence electrons. The van der Waals surface area contributed by atoms with Crippen molar-refractivity contribution in [2.75, 3.05) is 40.3 Å². The van der Waals surface area contributed by atoms with Gasteiger partial charge in [0.25, 0.3) is 11.8 Å². The van der Waals surface area contributed by atoms with E-state index in [0.29, 0.717) is 13.1 Å². The van der Waals surface area contributed by atoms with E-state index in [9.17, 15) is 9.59 Å². The van der Waals surface area contributed by atoms with Gasteiger partial charge in [0.05, 0.1) is 26.2 Å². The molecule has 1 N–H and O–H groups in total. The molecule has 0 bridgehead atoms. The van der Waals surface area contributed by atoms with E-state index in [0.717, 1.165) is 24.2 Å². The number of likely N-dealkylation sites (N-methyl/N-ethyl adjacent to an activating group) is 1. The van der Waals surface area contributed by atoms with Crippen molar-refractivity contribution in [2.45, 2.75) is 6.04 Å². The number of hydrogen-bond acceptors (Lipinski definition) is 2. The van der Waals surface area contributed by atoms with E-state index >= 15 is 0 Å². The summed E-state index contributed by atoms with van der Waals surface area (Å²) in [6, 6.07) is 19.1. The lowest BCUT2D eigenvalue weighted by Crippen LogP contribution is -3.16. The summed E-state index contributed by atoms with van der Waals surface area (Å²) < 4.78 is 0. The third-order valence-electron chi connectivity index (χ3n) is 4.94. The van der Waals surface area contributed by atoms with Crippen LogP contribution in [0, 0.1) is 0 Å². The Hall–Kier alpha value is -2.66. The van der Waals surface area contributed by atoms with Crippen LogP contribution < -0.4 is 4.90 Å². The molecule has 3 rings (SSSR count). The Morgan fingerprint density at radius 2 is 1.46 bits per heavy atom. The van der Waals surface area contributed by atoms with E-state index < -0.39 is 0 Å². The molecule has 1 heterocycles. The summed E-state index contributed by atoms with van der Waals surface area (Å²) in [6.07, 6.45) is 0. The van der Waals surface area contributed by atoms with Crippen molar-refractivity contribution in [3.05, 3.63) is 71.8 Å². The van der Waals surface area contributed by atoms with Gasteiger partial charge in [0.2, 0.25) is 0 Å². The van der Waals surface area contributed by atoms with Gasteiger partial charge >= 0.3 is 0 Å². The fourth-order valence-corrected chi connectivity index (χ4v) is 3.51. The number of carbonyl (C=O) groups is 2. The Morgan fingerprint density at radius 3 is 2.00 bits per heavy atom. The van der Waals surface area contributed by atoms with Crippen LogP contribution in [0.2, 0.25) is 0 Å². The Balaban J connectivity index is 1.72. The van der Waals surface area contributed by atoms with Gasteiger partial charge in [0.1, 0.15) is 0 Å². The minimum atomic E-state index is -0.222. The molecule has 2 amide bonds. The largest absolute Gasteiger partial charge is 0.343 e. The zero-order chi connectivity index (χ0) is 18.5. The zero-order valence-electron chi connectivity index (χ0n) is 15.4. The van der Waals surface area contributed by atoms with Crippen LogP contribution in [-0.4, -0.2) is 61.9 Å². The summed E-state index contributed by atoms with van der Waals surface area (Å²) in [7, 11) is 3.60. The van der Waals surface area contributed by atoms with E-state index in [-0.39, 0.29) is 17.9 Å². The van der Waals surface area contributed by atoms with Gasteiger partial charge in [-0.3, -0.25) is 9.59 Å². The van der Waals surface area contributed by atoms with Crippen LogP contribution >= 0.6 is 0 Å². The van der Waals surface area contributed by atoms with Crippen molar-refractivity contribution in [3.8, 4) is 0 Å². The average molecular weight is 352 g/mol. The first-order valence-electron chi connectivity index (χ1n) is 9.03. The Labute approximate surface area is 154 Å². The van der Waals surface area contributed by atoms with Gasteiger partial charge < -0.3 is 14.7 Å². The summed E-state index contributed by atoms with van der Waals surface area (Å²) in [5, 5.41) is 0. The fraction of sp³-hybridized carbons (Fsp3) is 0.333. The molecule has 0 spiro atoms. The average Bonchev–Trinajstić information content (AvgIpc) is 2.69. The first-order valence-corrected chi connectivity index (χ1v) is 9.03. The standard InChI is InChI=1S/C21H25N3O2/c1-22(2)21(26)19(17-9-5-3-6-10-17)23-13-15-24(16-14-23)20(25)18-11-7-4-8-12-18/h3-12,19H,13-16H2,1-2H3/p+1/t19-/m1/s1. The van der Waals surface area contributed by atoms with E-state index in [2.05, 4.69) is 0 Å². The molecule has 1 aliphatic heterocycles. The lowest BCUT2D eigenvalue weighted by Gasteiger charge is -2.36. The minimum Gasteiger partial charge on any atom is -0.343 e. The van der Waals surface area contributed by atoms with E-state index in [1.807, 2.05) is 65.6 Å². The van der Waals surface area contributed by atoms with Crippen LogP contribution in [0.3, 0.4) is 0 Å². The third kappa shape index (κ3) is 3.94. The molecule has 5 nitrogen and oxygen atoms in total. The molecule has 0 saturated carbocycles. The van der Waals surface area contributed by atoms with Crippen LogP contribution in [0.25, 0.3) is 0 Å². The number of rotatable bonds is 4.